The van der Waals surface area contributed by atoms with Crippen LogP contribution < -0.4 is 5.73 Å². The number of ether oxygens (including phenoxy) is 1. The molecular weight excluding hydrogens is 304 g/mol. The minimum atomic E-state index is -5.62. The molecule has 1 unspecified atom stereocenters. The van der Waals surface area contributed by atoms with Crippen LogP contribution in [0.5, 0.6) is 0 Å². The number of aliphatic hydroxyl groups is 1. The van der Waals surface area contributed by atoms with Crippen molar-refractivity contribution in [1.29, 1.82) is 0 Å². The molecular formula is C12H13F6NO2. The summed E-state index contributed by atoms with van der Waals surface area (Å²) in [5.41, 5.74) is 3.94. The van der Waals surface area contributed by atoms with Gasteiger partial charge in [0.2, 0.25) is 6.10 Å². The van der Waals surface area contributed by atoms with Crippen molar-refractivity contribution in [1.82, 2.24) is 0 Å². The third kappa shape index (κ3) is 4.58. The lowest BCUT2D eigenvalue weighted by Crippen LogP contribution is -2.51. The Balaban J connectivity index is 2.92. The summed E-state index contributed by atoms with van der Waals surface area (Å²) in [5, 5.41) is 9.19. The van der Waals surface area contributed by atoms with Crippen LogP contribution in [0.4, 0.5) is 26.3 Å². The number of benzene rings is 1. The predicted octanol–water partition coefficient (Wildman–Crippen LogP) is 2.34. The van der Waals surface area contributed by atoms with E-state index in [2.05, 4.69) is 4.74 Å². The van der Waals surface area contributed by atoms with Gasteiger partial charge >= 0.3 is 12.4 Å². The van der Waals surface area contributed by atoms with Gasteiger partial charge in [-0.25, -0.2) is 0 Å². The van der Waals surface area contributed by atoms with Gasteiger partial charge in [-0.05, 0) is 5.56 Å². The molecule has 1 aromatic rings. The maximum Gasteiger partial charge on any atom is 0.423 e. The van der Waals surface area contributed by atoms with Crippen molar-refractivity contribution in [3.8, 4) is 0 Å². The number of alkyl halides is 6. The number of nitrogens with two attached hydrogens (primary N) is 1. The molecule has 3 N–H and O–H groups in total. The molecule has 0 fully saturated rings. The molecule has 0 spiro atoms. The summed E-state index contributed by atoms with van der Waals surface area (Å²) in [6.45, 7) is -2.02. The van der Waals surface area contributed by atoms with Crippen LogP contribution in [0.15, 0.2) is 30.3 Å². The van der Waals surface area contributed by atoms with E-state index in [9.17, 15) is 31.4 Å². The molecule has 120 valence electrons. The normalized spacial score (nSPS) is 16.0. The van der Waals surface area contributed by atoms with Crippen LogP contribution in [0.25, 0.3) is 0 Å². The van der Waals surface area contributed by atoms with Gasteiger partial charge in [0.05, 0.1) is 18.8 Å². The fraction of sp³-hybridized carbons (Fsp3) is 0.500. The minimum absolute atomic E-state index is 0.163. The maximum absolute atomic E-state index is 12.3. The van der Waals surface area contributed by atoms with Gasteiger partial charge in [0, 0.05) is 0 Å². The van der Waals surface area contributed by atoms with Crippen molar-refractivity contribution < 1.29 is 36.2 Å². The second-order valence-corrected chi connectivity index (χ2v) is 4.45. The predicted molar refractivity (Wildman–Crippen MR) is 61.2 cm³/mol. The average molecular weight is 317 g/mol. The highest BCUT2D eigenvalue weighted by Crippen LogP contribution is 2.36. The first-order valence-corrected chi connectivity index (χ1v) is 5.71. The fourth-order valence-electron chi connectivity index (χ4n) is 1.60. The highest BCUT2D eigenvalue weighted by molar-refractivity contribution is 5.24. The Morgan fingerprint density at radius 3 is 1.86 bits per heavy atom. The number of hydrogen-bond acceptors (Lipinski definition) is 3. The summed E-state index contributed by atoms with van der Waals surface area (Å²) in [6.07, 6.45) is -15.2. The van der Waals surface area contributed by atoms with Crippen LogP contribution in [-0.4, -0.2) is 36.8 Å². The van der Waals surface area contributed by atoms with Crippen molar-refractivity contribution in [2.24, 2.45) is 5.73 Å². The molecule has 21 heavy (non-hydrogen) atoms. The molecule has 9 heteroatoms. The molecule has 0 bridgehead atoms. The van der Waals surface area contributed by atoms with E-state index in [4.69, 9.17) is 5.73 Å². The molecule has 0 heterocycles. The Bertz CT molecular complexity index is 433. The number of rotatable bonds is 5. The quantitative estimate of drug-likeness (QED) is 0.820. The minimum Gasteiger partial charge on any atom is -0.394 e. The van der Waals surface area contributed by atoms with Gasteiger partial charge in [0.25, 0.3) is 0 Å². The standard InChI is InChI=1S/C12H13F6NO2/c13-11(14,15)9(12(16,17)18)21-7-10(19,6-20)8-4-2-1-3-5-8/h1-5,9,20H,6-7,19H2. The van der Waals surface area contributed by atoms with Crippen molar-refractivity contribution in [3.05, 3.63) is 35.9 Å². The first-order valence-electron chi connectivity index (χ1n) is 5.71. The smallest absolute Gasteiger partial charge is 0.394 e. The third-order valence-corrected chi connectivity index (χ3v) is 2.73. The van der Waals surface area contributed by atoms with Crippen LogP contribution in [0.2, 0.25) is 0 Å². The molecule has 1 rings (SSSR count). The lowest BCUT2D eigenvalue weighted by Gasteiger charge is -2.31. The zero-order valence-corrected chi connectivity index (χ0v) is 10.6. The van der Waals surface area contributed by atoms with E-state index in [1.54, 1.807) is 6.07 Å². The maximum atomic E-state index is 12.3. The summed E-state index contributed by atoms with van der Waals surface area (Å²) < 4.78 is 78.0. The summed E-state index contributed by atoms with van der Waals surface area (Å²) in [5.74, 6) is 0. The molecule has 0 saturated heterocycles. The van der Waals surface area contributed by atoms with Gasteiger partial charge in [-0.15, -0.1) is 0 Å². The largest absolute Gasteiger partial charge is 0.423 e. The van der Waals surface area contributed by atoms with E-state index in [0.717, 1.165) is 0 Å². The molecule has 0 aromatic heterocycles. The third-order valence-electron chi connectivity index (χ3n) is 2.73. The molecule has 0 aliphatic heterocycles. The van der Waals surface area contributed by atoms with Gasteiger partial charge in [0.1, 0.15) is 0 Å². The molecule has 0 aliphatic rings. The average Bonchev–Trinajstić information content (AvgIpc) is 2.36. The highest BCUT2D eigenvalue weighted by atomic mass is 19.4. The van der Waals surface area contributed by atoms with Gasteiger partial charge in [-0.1, -0.05) is 30.3 Å². The number of halogens is 6. The zero-order chi connectivity index (χ0) is 16.3. The van der Waals surface area contributed by atoms with Gasteiger partial charge < -0.3 is 15.6 Å². The van der Waals surface area contributed by atoms with Crippen LogP contribution in [-0.2, 0) is 10.3 Å². The number of hydrogen-bond donors (Lipinski definition) is 2. The lowest BCUT2D eigenvalue weighted by atomic mass is 9.93. The van der Waals surface area contributed by atoms with Crippen molar-refractivity contribution >= 4 is 0 Å². The van der Waals surface area contributed by atoms with Crippen LogP contribution in [0.3, 0.4) is 0 Å². The first kappa shape index (κ1) is 17.7. The van der Waals surface area contributed by atoms with Crippen molar-refractivity contribution in [2.45, 2.75) is 24.0 Å². The Kier molecular flexibility index (Phi) is 5.24. The van der Waals surface area contributed by atoms with Crippen molar-refractivity contribution in [2.75, 3.05) is 13.2 Å². The highest BCUT2D eigenvalue weighted by Gasteiger charge is 2.58. The zero-order valence-electron chi connectivity index (χ0n) is 10.6. The molecule has 0 saturated carbocycles. The Morgan fingerprint density at radius 2 is 1.48 bits per heavy atom. The summed E-state index contributed by atoms with van der Waals surface area (Å²) >= 11 is 0. The van der Waals surface area contributed by atoms with Crippen molar-refractivity contribution in [3.63, 3.8) is 0 Å². The fourth-order valence-corrected chi connectivity index (χ4v) is 1.60. The van der Waals surface area contributed by atoms with Crippen LogP contribution in [0.1, 0.15) is 5.56 Å². The monoisotopic (exact) mass is 317 g/mol. The van der Waals surface area contributed by atoms with E-state index in [-0.39, 0.29) is 5.56 Å². The summed E-state index contributed by atoms with van der Waals surface area (Å²) in [6, 6.07) is 7.29. The SMILES string of the molecule is NC(CO)(COC(C(F)(F)F)C(F)(F)F)c1ccccc1. The molecule has 3 nitrogen and oxygen atoms in total. The van der Waals surface area contributed by atoms with E-state index in [1.165, 1.54) is 24.3 Å². The number of aliphatic hydroxyl groups excluding tert-OH is 1. The lowest BCUT2D eigenvalue weighted by molar-refractivity contribution is -0.324. The van der Waals surface area contributed by atoms with E-state index < -0.39 is 37.2 Å². The molecule has 0 radical (unpaired) electrons. The van der Waals surface area contributed by atoms with E-state index in [0.29, 0.717) is 0 Å². The van der Waals surface area contributed by atoms with Crippen LogP contribution in [0, 0.1) is 0 Å². The second kappa shape index (κ2) is 6.20. The Hall–Kier alpha value is -1.32. The van der Waals surface area contributed by atoms with Crippen LogP contribution >= 0.6 is 0 Å². The molecule has 1 atom stereocenters. The molecule has 0 amide bonds. The molecule has 1 aromatic carbocycles. The van der Waals surface area contributed by atoms with Gasteiger partial charge in [-0.2, -0.15) is 26.3 Å². The Labute approximate surface area is 116 Å². The second-order valence-electron chi connectivity index (χ2n) is 4.45. The summed E-state index contributed by atoms with van der Waals surface area (Å²) in [4.78, 5) is 0. The Morgan fingerprint density at radius 1 is 1.00 bits per heavy atom. The van der Waals surface area contributed by atoms with Gasteiger partial charge in [-0.3, -0.25) is 0 Å². The van der Waals surface area contributed by atoms with Gasteiger partial charge in [0.15, 0.2) is 0 Å². The first-order chi connectivity index (χ1) is 9.50. The molecule has 0 aliphatic carbocycles. The summed E-state index contributed by atoms with van der Waals surface area (Å²) in [7, 11) is 0. The van der Waals surface area contributed by atoms with E-state index >= 15 is 0 Å². The topological polar surface area (TPSA) is 55.5 Å². The van der Waals surface area contributed by atoms with E-state index in [1.807, 2.05) is 0 Å².